The van der Waals surface area contributed by atoms with E-state index in [4.69, 9.17) is 4.74 Å². The molecule has 1 aromatic carbocycles. The summed E-state index contributed by atoms with van der Waals surface area (Å²) in [6.07, 6.45) is -1.000. The fraction of sp³-hybridized carbons (Fsp3) is 0.500. The molecular formula is C14H16F2O2. The zero-order valence-electron chi connectivity index (χ0n) is 10.3. The highest BCUT2D eigenvalue weighted by atomic mass is 19.3. The van der Waals surface area contributed by atoms with E-state index >= 15 is 0 Å². The molecule has 1 saturated carbocycles. The van der Waals surface area contributed by atoms with Gasteiger partial charge in [0.15, 0.2) is 5.78 Å². The highest BCUT2D eigenvalue weighted by Crippen LogP contribution is 2.39. The van der Waals surface area contributed by atoms with Gasteiger partial charge in [0.05, 0.1) is 6.61 Å². The molecule has 0 aromatic heterocycles. The van der Waals surface area contributed by atoms with E-state index in [1.54, 1.807) is 0 Å². The van der Waals surface area contributed by atoms with E-state index in [9.17, 15) is 13.6 Å². The lowest BCUT2D eigenvalue weighted by Gasteiger charge is -2.36. The number of ether oxygens (including phenoxy) is 1. The number of alkyl halides is 2. The van der Waals surface area contributed by atoms with Gasteiger partial charge in [-0.15, -0.1) is 0 Å². The van der Waals surface area contributed by atoms with E-state index in [2.05, 4.69) is 0 Å². The second kappa shape index (κ2) is 4.76. The summed E-state index contributed by atoms with van der Waals surface area (Å²) >= 11 is 0. The molecule has 0 heterocycles. The fourth-order valence-corrected chi connectivity index (χ4v) is 2.19. The number of rotatable bonds is 3. The van der Waals surface area contributed by atoms with E-state index in [0.717, 1.165) is 5.56 Å². The van der Waals surface area contributed by atoms with E-state index in [-0.39, 0.29) is 25.2 Å². The standard InChI is InChI=1S/C14H16F2O2/c1-13(10-14(15,16)8-7-12(13)17)18-9-11-5-3-2-4-6-11/h2-6H,7-10H2,1H3. The van der Waals surface area contributed by atoms with Crippen molar-refractivity contribution in [3.05, 3.63) is 35.9 Å². The zero-order valence-corrected chi connectivity index (χ0v) is 10.3. The molecule has 1 atom stereocenters. The minimum absolute atomic E-state index is 0.113. The van der Waals surface area contributed by atoms with Crippen LogP contribution in [0.5, 0.6) is 0 Å². The molecule has 0 amide bonds. The largest absolute Gasteiger partial charge is 0.363 e. The Kier molecular flexibility index (Phi) is 3.48. The van der Waals surface area contributed by atoms with E-state index in [1.165, 1.54) is 6.92 Å². The Morgan fingerprint density at radius 2 is 1.94 bits per heavy atom. The Hall–Kier alpha value is -1.29. The van der Waals surface area contributed by atoms with Gasteiger partial charge in [-0.1, -0.05) is 30.3 Å². The first kappa shape index (κ1) is 13.1. The van der Waals surface area contributed by atoms with E-state index in [1.807, 2.05) is 30.3 Å². The molecule has 1 fully saturated rings. The molecule has 0 aliphatic heterocycles. The highest BCUT2D eigenvalue weighted by molar-refractivity contribution is 5.88. The van der Waals surface area contributed by atoms with Crippen molar-refractivity contribution in [2.45, 2.75) is 44.3 Å². The van der Waals surface area contributed by atoms with Crippen LogP contribution in [-0.2, 0) is 16.1 Å². The number of halogens is 2. The van der Waals surface area contributed by atoms with Gasteiger partial charge in [0.1, 0.15) is 5.60 Å². The monoisotopic (exact) mass is 254 g/mol. The lowest BCUT2D eigenvalue weighted by Crippen LogP contribution is -2.48. The SMILES string of the molecule is CC1(OCc2ccccc2)CC(F)(F)CCC1=O. The third kappa shape index (κ3) is 2.93. The molecule has 4 heteroatoms. The molecule has 1 unspecified atom stereocenters. The number of Topliss-reactive ketones (excluding diaryl/α,β-unsaturated/α-hetero) is 1. The molecule has 1 aliphatic rings. The summed E-state index contributed by atoms with van der Waals surface area (Å²) in [6, 6.07) is 9.24. The maximum Gasteiger partial charge on any atom is 0.251 e. The van der Waals surface area contributed by atoms with Crippen LogP contribution in [0.4, 0.5) is 8.78 Å². The summed E-state index contributed by atoms with van der Waals surface area (Å²) in [5, 5.41) is 0. The summed E-state index contributed by atoms with van der Waals surface area (Å²) in [5.41, 5.74) is -0.488. The average Bonchev–Trinajstić information content (AvgIpc) is 2.33. The van der Waals surface area contributed by atoms with Crippen LogP contribution >= 0.6 is 0 Å². The summed E-state index contributed by atoms with van der Waals surface area (Å²) in [7, 11) is 0. The third-order valence-corrected chi connectivity index (χ3v) is 3.30. The Morgan fingerprint density at radius 1 is 1.28 bits per heavy atom. The minimum Gasteiger partial charge on any atom is -0.363 e. The van der Waals surface area contributed by atoms with Crippen LogP contribution in [0.15, 0.2) is 30.3 Å². The molecule has 98 valence electrons. The van der Waals surface area contributed by atoms with Gasteiger partial charge in [-0.2, -0.15) is 0 Å². The lowest BCUT2D eigenvalue weighted by molar-refractivity contribution is -0.172. The first-order valence-electron chi connectivity index (χ1n) is 6.00. The van der Waals surface area contributed by atoms with Crippen molar-refractivity contribution < 1.29 is 18.3 Å². The van der Waals surface area contributed by atoms with Gasteiger partial charge in [-0.3, -0.25) is 4.79 Å². The summed E-state index contributed by atoms with van der Waals surface area (Å²) in [6.45, 7) is 1.64. The van der Waals surface area contributed by atoms with E-state index < -0.39 is 17.9 Å². The molecule has 0 N–H and O–H groups in total. The van der Waals surface area contributed by atoms with Crippen LogP contribution in [0.3, 0.4) is 0 Å². The predicted octanol–water partition coefficient (Wildman–Crippen LogP) is 3.35. The van der Waals surface area contributed by atoms with Gasteiger partial charge in [0.25, 0.3) is 5.92 Å². The minimum atomic E-state index is -2.81. The quantitative estimate of drug-likeness (QED) is 0.826. The van der Waals surface area contributed by atoms with Gasteiger partial charge in [0, 0.05) is 19.3 Å². The maximum absolute atomic E-state index is 13.4. The van der Waals surface area contributed by atoms with Crippen LogP contribution in [0.2, 0.25) is 0 Å². The van der Waals surface area contributed by atoms with Crippen LogP contribution < -0.4 is 0 Å². The molecule has 2 nitrogen and oxygen atoms in total. The van der Waals surface area contributed by atoms with Crippen molar-refractivity contribution in [1.29, 1.82) is 0 Å². The smallest absolute Gasteiger partial charge is 0.251 e. The molecule has 2 rings (SSSR count). The molecule has 1 aromatic rings. The van der Waals surface area contributed by atoms with Crippen LogP contribution in [-0.4, -0.2) is 17.3 Å². The Labute approximate surface area is 105 Å². The van der Waals surface area contributed by atoms with Gasteiger partial charge in [-0.05, 0) is 12.5 Å². The lowest BCUT2D eigenvalue weighted by atomic mass is 9.82. The van der Waals surface area contributed by atoms with Crippen molar-refractivity contribution in [1.82, 2.24) is 0 Å². The van der Waals surface area contributed by atoms with Gasteiger partial charge in [0.2, 0.25) is 0 Å². The van der Waals surface area contributed by atoms with E-state index in [0.29, 0.717) is 0 Å². The molecular weight excluding hydrogens is 238 g/mol. The Morgan fingerprint density at radius 3 is 2.61 bits per heavy atom. The number of carbonyl (C=O) groups excluding carboxylic acids is 1. The first-order valence-corrected chi connectivity index (χ1v) is 6.00. The Bertz CT molecular complexity index is 431. The van der Waals surface area contributed by atoms with Crippen LogP contribution in [0, 0.1) is 0 Å². The third-order valence-electron chi connectivity index (χ3n) is 3.30. The summed E-state index contributed by atoms with van der Waals surface area (Å²) in [5.74, 6) is -3.04. The van der Waals surface area contributed by atoms with Gasteiger partial charge < -0.3 is 4.74 Å². The van der Waals surface area contributed by atoms with Crippen LogP contribution in [0.25, 0.3) is 0 Å². The van der Waals surface area contributed by atoms with Crippen molar-refractivity contribution in [3.63, 3.8) is 0 Å². The first-order chi connectivity index (χ1) is 8.41. The normalized spacial score (nSPS) is 27.2. The molecule has 0 bridgehead atoms. The Balaban J connectivity index is 2.04. The van der Waals surface area contributed by atoms with Crippen LogP contribution in [0.1, 0.15) is 31.7 Å². The van der Waals surface area contributed by atoms with Crippen molar-refractivity contribution in [2.24, 2.45) is 0 Å². The zero-order chi connectivity index (χ0) is 13.2. The fourth-order valence-electron chi connectivity index (χ4n) is 2.19. The van der Waals surface area contributed by atoms with Crippen molar-refractivity contribution in [2.75, 3.05) is 0 Å². The van der Waals surface area contributed by atoms with Gasteiger partial charge >= 0.3 is 0 Å². The molecule has 0 radical (unpaired) electrons. The summed E-state index contributed by atoms with van der Waals surface area (Å²) in [4.78, 5) is 11.8. The molecule has 1 aliphatic carbocycles. The number of benzene rings is 1. The number of hydrogen-bond donors (Lipinski definition) is 0. The second-order valence-electron chi connectivity index (χ2n) is 4.96. The van der Waals surface area contributed by atoms with Crippen molar-refractivity contribution in [3.8, 4) is 0 Å². The number of ketones is 1. The predicted molar refractivity (Wildman–Crippen MR) is 63.4 cm³/mol. The number of hydrogen-bond acceptors (Lipinski definition) is 2. The molecule has 18 heavy (non-hydrogen) atoms. The molecule has 0 spiro atoms. The topological polar surface area (TPSA) is 26.3 Å². The highest BCUT2D eigenvalue weighted by Gasteiger charge is 2.49. The number of carbonyl (C=O) groups is 1. The van der Waals surface area contributed by atoms with Gasteiger partial charge in [-0.25, -0.2) is 8.78 Å². The summed E-state index contributed by atoms with van der Waals surface area (Å²) < 4.78 is 32.2. The van der Waals surface area contributed by atoms with Crippen molar-refractivity contribution >= 4 is 5.78 Å². The second-order valence-corrected chi connectivity index (χ2v) is 4.96. The molecule has 0 saturated heterocycles. The average molecular weight is 254 g/mol. The maximum atomic E-state index is 13.4.